The van der Waals surface area contributed by atoms with Gasteiger partial charge in [-0.2, -0.15) is 0 Å². The number of hydrogen-bond donors (Lipinski definition) is 1. The van der Waals surface area contributed by atoms with E-state index in [4.69, 9.17) is 5.11 Å². The van der Waals surface area contributed by atoms with Crippen LogP contribution in [0, 0.1) is 0 Å². The predicted molar refractivity (Wildman–Crippen MR) is 78.9 cm³/mol. The highest BCUT2D eigenvalue weighted by Crippen LogP contribution is 2.32. The van der Waals surface area contributed by atoms with Gasteiger partial charge in [-0.25, -0.2) is 4.98 Å². The Bertz CT molecular complexity index is 435. The standard InChI is InChI=1S/C14H24N2O2S/c1-6-7-10(2)16-11(14(3,4)5)8-15-13(16)19-9-12(17)18/h8,10H,6-7,9H2,1-5H3,(H,17,18). The first-order valence-electron chi connectivity index (χ1n) is 6.69. The van der Waals surface area contributed by atoms with Crippen LogP contribution in [0.3, 0.4) is 0 Å². The van der Waals surface area contributed by atoms with E-state index < -0.39 is 5.97 Å². The van der Waals surface area contributed by atoms with E-state index in [9.17, 15) is 4.79 Å². The Morgan fingerprint density at radius 1 is 1.53 bits per heavy atom. The third-order valence-electron chi connectivity index (χ3n) is 3.00. The van der Waals surface area contributed by atoms with Crippen LogP contribution in [-0.2, 0) is 10.2 Å². The highest BCUT2D eigenvalue weighted by molar-refractivity contribution is 7.99. The molecule has 0 fully saturated rings. The van der Waals surface area contributed by atoms with Crippen molar-refractivity contribution in [1.82, 2.24) is 9.55 Å². The van der Waals surface area contributed by atoms with E-state index in [-0.39, 0.29) is 11.2 Å². The lowest BCUT2D eigenvalue weighted by Crippen LogP contribution is -2.20. The van der Waals surface area contributed by atoms with Crippen molar-refractivity contribution in [3.8, 4) is 0 Å². The van der Waals surface area contributed by atoms with Crippen LogP contribution in [0.5, 0.6) is 0 Å². The van der Waals surface area contributed by atoms with E-state index in [2.05, 4.69) is 44.2 Å². The Hall–Kier alpha value is -0.970. The number of rotatable bonds is 6. The van der Waals surface area contributed by atoms with Crippen LogP contribution >= 0.6 is 11.8 Å². The monoisotopic (exact) mass is 284 g/mol. The summed E-state index contributed by atoms with van der Waals surface area (Å²) in [5.74, 6) is -0.751. The smallest absolute Gasteiger partial charge is 0.313 e. The number of hydrogen-bond acceptors (Lipinski definition) is 3. The topological polar surface area (TPSA) is 55.1 Å². The second kappa shape index (κ2) is 6.46. The van der Waals surface area contributed by atoms with Gasteiger partial charge in [0.15, 0.2) is 5.16 Å². The fourth-order valence-corrected chi connectivity index (χ4v) is 2.90. The number of nitrogens with zero attached hydrogens (tertiary/aromatic N) is 2. The average molecular weight is 284 g/mol. The summed E-state index contributed by atoms with van der Waals surface area (Å²) >= 11 is 1.30. The van der Waals surface area contributed by atoms with E-state index in [0.29, 0.717) is 6.04 Å². The quantitative estimate of drug-likeness (QED) is 0.809. The highest BCUT2D eigenvalue weighted by atomic mass is 32.2. The molecule has 0 bridgehead atoms. The van der Waals surface area contributed by atoms with Crippen LogP contribution in [0.4, 0.5) is 0 Å². The number of carboxylic acid groups (broad SMARTS) is 1. The van der Waals surface area contributed by atoms with E-state index in [1.54, 1.807) is 0 Å². The summed E-state index contributed by atoms with van der Waals surface area (Å²) in [7, 11) is 0. The van der Waals surface area contributed by atoms with Gasteiger partial charge in [-0.3, -0.25) is 4.79 Å². The SMILES string of the molecule is CCCC(C)n1c(C(C)(C)C)cnc1SCC(=O)O. The molecule has 1 aromatic rings. The second-order valence-corrected chi connectivity index (χ2v) is 6.81. The van der Waals surface area contributed by atoms with Crippen LogP contribution in [0.1, 0.15) is 59.2 Å². The molecule has 0 radical (unpaired) electrons. The zero-order valence-corrected chi connectivity index (χ0v) is 13.3. The lowest BCUT2D eigenvalue weighted by atomic mass is 9.92. The largest absolute Gasteiger partial charge is 0.481 e. The van der Waals surface area contributed by atoms with Crippen LogP contribution < -0.4 is 0 Å². The van der Waals surface area contributed by atoms with Crippen molar-refractivity contribution in [2.75, 3.05) is 5.75 Å². The minimum atomic E-state index is -0.806. The maximum Gasteiger partial charge on any atom is 0.313 e. The molecule has 4 nitrogen and oxygen atoms in total. The zero-order valence-electron chi connectivity index (χ0n) is 12.4. The molecule has 1 rings (SSSR count). The van der Waals surface area contributed by atoms with Gasteiger partial charge in [0.05, 0.1) is 5.75 Å². The Morgan fingerprint density at radius 2 is 2.16 bits per heavy atom. The highest BCUT2D eigenvalue weighted by Gasteiger charge is 2.24. The second-order valence-electron chi connectivity index (χ2n) is 5.87. The Labute approximate surface area is 119 Å². The fraction of sp³-hybridized carbons (Fsp3) is 0.714. The van der Waals surface area contributed by atoms with Crippen molar-refractivity contribution < 1.29 is 9.90 Å². The maximum absolute atomic E-state index is 10.7. The van der Waals surface area contributed by atoms with E-state index in [0.717, 1.165) is 18.0 Å². The Morgan fingerprint density at radius 3 is 2.63 bits per heavy atom. The molecule has 0 spiro atoms. The molecule has 1 atom stereocenters. The molecule has 0 aliphatic heterocycles. The van der Waals surface area contributed by atoms with Gasteiger partial charge in [0, 0.05) is 23.3 Å². The van der Waals surface area contributed by atoms with Gasteiger partial charge >= 0.3 is 5.97 Å². The molecule has 0 aliphatic carbocycles. The van der Waals surface area contributed by atoms with E-state index in [1.165, 1.54) is 17.5 Å². The van der Waals surface area contributed by atoms with Gasteiger partial charge in [0.1, 0.15) is 0 Å². The molecule has 5 heteroatoms. The number of imidazole rings is 1. The van der Waals surface area contributed by atoms with Gasteiger partial charge in [-0.15, -0.1) is 0 Å². The lowest BCUT2D eigenvalue weighted by Gasteiger charge is -2.25. The van der Waals surface area contributed by atoms with Gasteiger partial charge in [-0.05, 0) is 13.3 Å². The van der Waals surface area contributed by atoms with E-state index >= 15 is 0 Å². The molecular formula is C14H24N2O2S. The zero-order chi connectivity index (χ0) is 14.6. The Balaban J connectivity index is 3.10. The van der Waals surface area contributed by atoms with Crippen molar-refractivity contribution in [3.63, 3.8) is 0 Å². The van der Waals surface area contributed by atoms with Crippen LogP contribution in [-0.4, -0.2) is 26.4 Å². The first-order valence-corrected chi connectivity index (χ1v) is 7.68. The van der Waals surface area contributed by atoms with Crippen LogP contribution in [0.25, 0.3) is 0 Å². The number of aromatic nitrogens is 2. The summed E-state index contributed by atoms with van der Waals surface area (Å²) in [6, 6.07) is 0.345. The number of aliphatic carboxylic acids is 1. The summed E-state index contributed by atoms with van der Waals surface area (Å²) in [4.78, 5) is 15.1. The van der Waals surface area contributed by atoms with Gasteiger partial charge in [0.2, 0.25) is 0 Å². The Kier molecular flexibility index (Phi) is 5.47. The molecule has 108 valence electrons. The lowest BCUT2D eigenvalue weighted by molar-refractivity contribution is -0.133. The third-order valence-corrected chi connectivity index (χ3v) is 3.95. The molecule has 1 aromatic heterocycles. The number of thioether (sulfide) groups is 1. The average Bonchev–Trinajstić information content (AvgIpc) is 2.69. The van der Waals surface area contributed by atoms with Crippen LogP contribution in [0.2, 0.25) is 0 Å². The molecule has 1 N–H and O–H groups in total. The number of carbonyl (C=O) groups is 1. The van der Waals surface area contributed by atoms with Crippen molar-refractivity contribution in [3.05, 3.63) is 11.9 Å². The molecule has 0 saturated carbocycles. The fourth-order valence-electron chi connectivity index (χ4n) is 2.10. The molecule has 0 aliphatic rings. The first-order chi connectivity index (χ1) is 8.77. The minimum Gasteiger partial charge on any atom is -0.481 e. The summed E-state index contributed by atoms with van der Waals surface area (Å²) in [6.07, 6.45) is 4.06. The van der Waals surface area contributed by atoms with Crippen molar-refractivity contribution in [2.45, 2.75) is 64.1 Å². The summed E-state index contributed by atoms with van der Waals surface area (Å²) in [5.41, 5.74) is 1.18. The molecule has 0 saturated heterocycles. The maximum atomic E-state index is 10.7. The van der Waals surface area contributed by atoms with Crippen molar-refractivity contribution in [2.24, 2.45) is 0 Å². The molecular weight excluding hydrogens is 260 g/mol. The van der Waals surface area contributed by atoms with Crippen LogP contribution in [0.15, 0.2) is 11.4 Å². The summed E-state index contributed by atoms with van der Waals surface area (Å²) in [5, 5.41) is 9.63. The molecule has 0 amide bonds. The third kappa shape index (κ3) is 4.27. The summed E-state index contributed by atoms with van der Waals surface area (Å²) < 4.78 is 2.21. The van der Waals surface area contributed by atoms with Gasteiger partial charge in [0.25, 0.3) is 0 Å². The normalized spacial score (nSPS) is 13.5. The predicted octanol–water partition coefficient (Wildman–Crippen LogP) is 3.72. The number of carboxylic acids is 1. The molecule has 0 aromatic carbocycles. The molecule has 1 heterocycles. The minimum absolute atomic E-state index is 0.0109. The molecule has 1 unspecified atom stereocenters. The van der Waals surface area contributed by atoms with E-state index in [1.807, 2.05) is 6.20 Å². The summed E-state index contributed by atoms with van der Waals surface area (Å²) in [6.45, 7) is 10.8. The van der Waals surface area contributed by atoms with Crippen molar-refractivity contribution >= 4 is 17.7 Å². The van der Waals surface area contributed by atoms with Crippen molar-refractivity contribution in [1.29, 1.82) is 0 Å². The first kappa shape index (κ1) is 16.1. The van der Waals surface area contributed by atoms with Gasteiger partial charge < -0.3 is 9.67 Å². The molecule has 19 heavy (non-hydrogen) atoms. The van der Waals surface area contributed by atoms with Gasteiger partial charge in [-0.1, -0.05) is 45.9 Å².